The maximum atomic E-state index is 12.8. The number of amides is 1. The van der Waals surface area contributed by atoms with E-state index in [0.717, 1.165) is 22.3 Å². The number of aliphatic hydroxyl groups excluding tert-OH is 1. The summed E-state index contributed by atoms with van der Waals surface area (Å²) < 4.78 is 0. The zero-order valence-electron chi connectivity index (χ0n) is 16.6. The summed E-state index contributed by atoms with van der Waals surface area (Å²) >= 11 is 0. The van der Waals surface area contributed by atoms with Crippen molar-refractivity contribution in [1.82, 2.24) is 5.32 Å². The van der Waals surface area contributed by atoms with E-state index >= 15 is 0 Å². The molecule has 1 amide bonds. The number of carboxylic acid groups (broad SMARTS) is 1. The molecule has 0 saturated heterocycles. The number of nitrogens with one attached hydrogen (secondary N) is 1. The third kappa shape index (κ3) is 4.59. The molecule has 1 aliphatic rings. The summed E-state index contributed by atoms with van der Waals surface area (Å²) in [4.78, 5) is 24.4. The maximum Gasteiger partial charge on any atom is 1.00 e. The van der Waals surface area contributed by atoms with Crippen LogP contribution in [0.1, 0.15) is 35.1 Å². The minimum atomic E-state index is -1.53. The molecule has 4 rings (SSSR count). The summed E-state index contributed by atoms with van der Waals surface area (Å²) in [7, 11) is 0. The fourth-order valence-electron chi connectivity index (χ4n) is 4.01. The quantitative estimate of drug-likeness (QED) is 0.504. The first-order valence-corrected chi connectivity index (χ1v) is 9.47. The molecule has 0 bridgehead atoms. The van der Waals surface area contributed by atoms with Gasteiger partial charge in [-0.1, -0.05) is 78.9 Å². The molecule has 146 valence electrons. The number of hydrogen-bond acceptors (Lipinski definition) is 4. The van der Waals surface area contributed by atoms with Crippen molar-refractivity contribution in [1.29, 1.82) is 0 Å². The molecule has 0 fully saturated rings. The van der Waals surface area contributed by atoms with Gasteiger partial charge >= 0.3 is 51.4 Å². The number of benzene rings is 3. The van der Waals surface area contributed by atoms with Crippen LogP contribution in [0.4, 0.5) is 0 Å². The molecule has 0 aromatic heterocycles. The molecule has 3 aromatic rings. The van der Waals surface area contributed by atoms with Crippen LogP contribution in [0.3, 0.4) is 0 Å². The zero-order chi connectivity index (χ0) is 20.4. The van der Waals surface area contributed by atoms with Crippen LogP contribution < -0.4 is 61.8 Å². The third-order valence-corrected chi connectivity index (χ3v) is 5.38. The maximum absolute atomic E-state index is 12.8. The SMILES string of the molecule is O=C(CC1c2ccccc2-c2ccccc21)NC(C(=O)[O-])C(O)c1ccccc1.[K+]. The Morgan fingerprint density at radius 2 is 1.37 bits per heavy atom. The van der Waals surface area contributed by atoms with E-state index in [1.807, 2.05) is 48.5 Å². The normalized spacial score (nSPS) is 14.0. The number of aliphatic hydroxyl groups is 1. The standard InChI is InChI=1S/C24H21NO4.K/c26-21(25-22(24(28)29)23(27)15-8-2-1-3-9-15)14-20-18-12-6-4-10-16(18)17-11-5-7-13-19(17)20;/h1-13,20,22-23,27H,14H2,(H,25,26)(H,28,29);/q;+1/p-1. The van der Waals surface area contributed by atoms with Crippen molar-refractivity contribution in [3.8, 4) is 11.1 Å². The number of carbonyl (C=O) groups excluding carboxylic acids is 2. The Bertz CT molecular complexity index is 1010. The Morgan fingerprint density at radius 3 is 1.90 bits per heavy atom. The Kier molecular flexibility index (Phi) is 7.63. The average molecular weight is 426 g/mol. The minimum absolute atomic E-state index is 0. The number of aliphatic carboxylic acids is 1. The van der Waals surface area contributed by atoms with E-state index in [0.29, 0.717) is 5.56 Å². The van der Waals surface area contributed by atoms with Gasteiger partial charge in [-0.3, -0.25) is 4.79 Å². The Labute approximate surface area is 217 Å². The first-order chi connectivity index (χ1) is 14.1. The molecule has 2 unspecified atom stereocenters. The van der Waals surface area contributed by atoms with Gasteiger partial charge in [0.25, 0.3) is 0 Å². The second kappa shape index (κ2) is 10.0. The van der Waals surface area contributed by atoms with Gasteiger partial charge in [-0.15, -0.1) is 0 Å². The molecule has 2 atom stereocenters. The largest absolute Gasteiger partial charge is 1.00 e. The Hall–Kier alpha value is -1.80. The number of fused-ring (bicyclic) bond motifs is 3. The predicted molar refractivity (Wildman–Crippen MR) is 107 cm³/mol. The summed E-state index contributed by atoms with van der Waals surface area (Å²) in [5, 5.41) is 24.5. The summed E-state index contributed by atoms with van der Waals surface area (Å²) in [6.07, 6.45) is -1.31. The van der Waals surface area contributed by atoms with Crippen LogP contribution in [0.15, 0.2) is 78.9 Å². The van der Waals surface area contributed by atoms with Crippen molar-refractivity contribution < 1.29 is 71.2 Å². The van der Waals surface area contributed by atoms with E-state index < -0.39 is 24.0 Å². The van der Waals surface area contributed by atoms with Crippen LogP contribution in [-0.4, -0.2) is 23.0 Å². The van der Waals surface area contributed by atoms with Crippen molar-refractivity contribution >= 4 is 11.9 Å². The van der Waals surface area contributed by atoms with Crippen LogP contribution in [0.5, 0.6) is 0 Å². The number of carbonyl (C=O) groups is 2. The van der Waals surface area contributed by atoms with Gasteiger partial charge in [-0.25, -0.2) is 0 Å². The van der Waals surface area contributed by atoms with Crippen molar-refractivity contribution in [3.63, 3.8) is 0 Å². The molecule has 6 heteroatoms. The molecule has 2 N–H and O–H groups in total. The van der Waals surface area contributed by atoms with Crippen LogP contribution in [0.25, 0.3) is 11.1 Å². The van der Waals surface area contributed by atoms with Gasteiger partial charge in [0.05, 0.1) is 12.0 Å². The fourth-order valence-corrected chi connectivity index (χ4v) is 4.01. The molecule has 1 aliphatic carbocycles. The topological polar surface area (TPSA) is 89.5 Å². The van der Waals surface area contributed by atoms with Crippen LogP contribution in [0, 0.1) is 0 Å². The van der Waals surface area contributed by atoms with Gasteiger partial charge in [0, 0.05) is 12.3 Å². The molecule has 30 heavy (non-hydrogen) atoms. The molecule has 0 saturated carbocycles. The van der Waals surface area contributed by atoms with E-state index in [1.54, 1.807) is 30.3 Å². The zero-order valence-corrected chi connectivity index (χ0v) is 19.7. The summed E-state index contributed by atoms with van der Waals surface area (Å²) in [5.74, 6) is -2.15. The summed E-state index contributed by atoms with van der Waals surface area (Å²) in [6.45, 7) is 0. The number of rotatable bonds is 6. The van der Waals surface area contributed by atoms with Crippen molar-refractivity contribution in [2.45, 2.75) is 24.5 Å². The Balaban J connectivity index is 0.00000256. The molecule has 0 radical (unpaired) electrons. The second-order valence-electron chi connectivity index (χ2n) is 7.15. The second-order valence-corrected chi connectivity index (χ2v) is 7.15. The van der Waals surface area contributed by atoms with Gasteiger partial charge in [0.2, 0.25) is 5.91 Å². The van der Waals surface area contributed by atoms with E-state index in [9.17, 15) is 19.8 Å². The third-order valence-electron chi connectivity index (χ3n) is 5.38. The number of carboxylic acids is 1. The van der Waals surface area contributed by atoms with E-state index in [2.05, 4.69) is 5.32 Å². The average Bonchev–Trinajstić information content (AvgIpc) is 3.06. The smallest absolute Gasteiger partial charge is 0.548 e. The van der Waals surface area contributed by atoms with Gasteiger partial charge in [-0.2, -0.15) is 0 Å². The minimum Gasteiger partial charge on any atom is -0.548 e. The first-order valence-electron chi connectivity index (χ1n) is 9.47. The first kappa shape index (κ1) is 22.9. The van der Waals surface area contributed by atoms with E-state index in [-0.39, 0.29) is 63.7 Å². The fraction of sp³-hybridized carbons (Fsp3) is 0.167. The predicted octanol–water partition coefficient (Wildman–Crippen LogP) is -0.839. The van der Waals surface area contributed by atoms with Crippen molar-refractivity contribution in [2.24, 2.45) is 0 Å². The van der Waals surface area contributed by atoms with E-state index in [4.69, 9.17) is 0 Å². The molecule has 5 nitrogen and oxygen atoms in total. The van der Waals surface area contributed by atoms with Crippen molar-refractivity contribution in [3.05, 3.63) is 95.6 Å². The molecule has 0 aliphatic heterocycles. The van der Waals surface area contributed by atoms with Gasteiger partial charge < -0.3 is 20.3 Å². The van der Waals surface area contributed by atoms with Gasteiger partial charge in [0.15, 0.2) is 0 Å². The molecule has 0 heterocycles. The van der Waals surface area contributed by atoms with Crippen LogP contribution >= 0.6 is 0 Å². The van der Waals surface area contributed by atoms with Crippen LogP contribution in [0.2, 0.25) is 0 Å². The summed E-state index contributed by atoms with van der Waals surface area (Å²) in [5.41, 5.74) is 4.65. The monoisotopic (exact) mass is 425 g/mol. The number of hydrogen-bond donors (Lipinski definition) is 2. The van der Waals surface area contributed by atoms with E-state index in [1.165, 1.54) is 0 Å². The Morgan fingerprint density at radius 1 is 0.867 bits per heavy atom. The molecule has 0 spiro atoms. The van der Waals surface area contributed by atoms with Crippen molar-refractivity contribution in [2.75, 3.05) is 0 Å². The van der Waals surface area contributed by atoms with Crippen LogP contribution in [-0.2, 0) is 9.59 Å². The summed E-state index contributed by atoms with van der Waals surface area (Å²) in [6, 6.07) is 22.6. The van der Waals surface area contributed by atoms with Gasteiger partial charge in [-0.05, 0) is 27.8 Å². The molecular weight excluding hydrogens is 405 g/mol. The van der Waals surface area contributed by atoms with Gasteiger partial charge in [0.1, 0.15) is 6.10 Å². The molecular formula is C24H20KNO4. The molecule has 3 aromatic carbocycles.